The first-order chi connectivity index (χ1) is 10.3. The third kappa shape index (κ3) is 1.86. The van der Waals surface area contributed by atoms with E-state index in [2.05, 4.69) is 20.8 Å². The van der Waals surface area contributed by atoms with E-state index in [1.165, 1.54) is 38.5 Å². The van der Waals surface area contributed by atoms with Gasteiger partial charge in [0.25, 0.3) is 0 Å². The number of fused-ring (bicyclic) bond motifs is 5. The van der Waals surface area contributed by atoms with Gasteiger partial charge in [0.1, 0.15) is 0 Å². The monoisotopic (exact) mass is 306 g/mol. The van der Waals surface area contributed by atoms with Crippen LogP contribution in [0.1, 0.15) is 78.6 Å². The molecule has 4 aliphatic carbocycles. The van der Waals surface area contributed by atoms with Crippen LogP contribution in [0, 0.1) is 34.5 Å². The zero-order chi connectivity index (χ0) is 15.8. The van der Waals surface area contributed by atoms with Gasteiger partial charge in [-0.2, -0.15) is 0 Å². The van der Waals surface area contributed by atoms with Crippen molar-refractivity contribution in [3.05, 3.63) is 0 Å². The van der Waals surface area contributed by atoms with Crippen LogP contribution in [-0.2, 0) is 0 Å². The maximum atomic E-state index is 10.9. The van der Waals surface area contributed by atoms with Gasteiger partial charge in [-0.3, -0.25) is 0 Å². The van der Waals surface area contributed by atoms with Crippen molar-refractivity contribution in [1.29, 1.82) is 0 Å². The Morgan fingerprint density at radius 1 is 0.818 bits per heavy atom. The summed E-state index contributed by atoms with van der Waals surface area (Å²) >= 11 is 0. The fourth-order valence-electron chi connectivity index (χ4n) is 7.48. The predicted octanol–water partition coefficient (Wildman–Crippen LogP) is 4.14. The van der Waals surface area contributed by atoms with Crippen LogP contribution >= 0.6 is 0 Å². The van der Waals surface area contributed by atoms with Gasteiger partial charge < -0.3 is 10.2 Å². The quantitative estimate of drug-likeness (QED) is 0.706. The van der Waals surface area contributed by atoms with Crippen LogP contribution < -0.4 is 0 Å². The molecule has 2 nitrogen and oxygen atoms in total. The van der Waals surface area contributed by atoms with E-state index >= 15 is 0 Å². The normalized spacial score (nSPS) is 61.2. The molecule has 2 heteroatoms. The Morgan fingerprint density at radius 2 is 1.55 bits per heavy atom. The lowest BCUT2D eigenvalue weighted by atomic mass is 9.44. The lowest BCUT2D eigenvalue weighted by Gasteiger charge is -2.61. The Labute approximate surface area is 135 Å². The molecular formula is C20H34O2. The van der Waals surface area contributed by atoms with Crippen molar-refractivity contribution in [2.45, 2.75) is 90.3 Å². The Balaban J connectivity index is 1.64. The smallest absolute Gasteiger partial charge is 0.0675 e. The first-order valence-corrected chi connectivity index (χ1v) is 9.68. The molecule has 0 spiro atoms. The average Bonchev–Trinajstić information content (AvgIpc) is 2.70. The van der Waals surface area contributed by atoms with E-state index in [0.717, 1.165) is 42.9 Å². The highest BCUT2D eigenvalue weighted by atomic mass is 16.3. The maximum Gasteiger partial charge on any atom is 0.0675 e. The SMILES string of the molecule is C[C@]12CC[C@@H](O)C[C@@H]1CC[C@@H]1[C@H]2CC[C@@]2(C)[C@@H]1CC[C@]2(C)O. The molecule has 22 heavy (non-hydrogen) atoms. The van der Waals surface area contributed by atoms with E-state index < -0.39 is 5.60 Å². The van der Waals surface area contributed by atoms with E-state index in [4.69, 9.17) is 0 Å². The summed E-state index contributed by atoms with van der Waals surface area (Å²) in [5.41, 5.74) is 0.145. The largest absolute Gasteiger partial charge is 0.393 e. The first-order valence-electron chi connectivity index (χ1n) is 9.68. The topological polar surface area (TPSA) is 40.5 Å². The second kappa shape index (κ2) is 4.72. The van der Waals surface area contributed by atoms with E-state index in [1.807, 2.05) is 0 Å². The van der Waals surface area contributed by atoms with Crippen molar-refractivity contribution in [3.63, 3.8) is 0 Å². The molecule has 0 aromatic heterocycles. The summed E-state index contributed by atoms with van der Waals surface area (Å²) in [5, 5.41) is 21.0. The Kier molecular flexibility index (Phi) is 3.32. The zero-order valence-corrected chi connectivity index (χ0v) is 14.6. The van der Waals surface area contributed by atoms with Crippen molar-refractivity contribution in [2.75, 3.05) is 0 Å². The van der Waals surface area contributed by atoms with E-state index in [-0.39, 0.29) is 11.5 Å². The van der Waals surface area contributed by atoms with Gasteiger partial charge in [-0.1, -0.05) is 13.8 Å². The second-order valence-corrected chi connectivity index (χ2v) is 9.85. The Hall–Kier alpha value is -0.0800. The summed E-state index contributed by atoms with van der Waals surface area (Å²) in [5.74, 6) is 3.13. The number of hydrogen-bond donors (Lipinski definition) is 2. The average molecular weight is 306 g/mol. The minimum atomic E-state index is -0.455. The highest BCUT2D eigenvalue weighted by molar-refractivity contribution is 5.12. The molecule has 0 saturated heterocycles. The van der Waals surface area contributed by atoms with Crippen LogP contribution in [0.4, 0.5) is 0 Å². The minimum absolute atomic E-state index is 0.0457. The number of aliphatic hydroxyl groups excluding tert-OH is 1. The standard InChI is InChI=1S/C20H34O2/c1-18-9-6-14(21)12-13(18)4-5-15-16(18)7-10-19(2)17(15)8-11-20(19,3)22/h13-17,21-22H,4-12H2,1-3H3/t13-,14+,15+,16+,17+,18-,19-,20-/m0/s1. The molecule has 0 aliphatic heterocycles. The molecule has 4 saturated carbocycles. The summed E-state index contributed by atoms with van der Waals surface area (Å²) < 4.78 is 0. The van der Waals surface area contributed by atoms with Crippen LogP contribution in [0.5, 0.6) is 0 Å². The van der Waals surface area contributed by atoms with E-state index in [9.17, 15) is 10.2 Å². The summed E-state index contributed by atoms with van der Waals surface area (Å²) in [6.45, 7) is 7.01. The summed E-state index contributed by atoms with van der Waals surface area (Å²) in [6.07, 6.45) is 10.6. The summed E-state index contributed by atoms with van der Waals surface area (Å²) in [7, 11) is 0. The van der Waals surface area contributed by atoms with Gasteiger partial charge in [-0.15, -0.1) is 0 Å². The minimum Gasteiger partial charge on any atom is -0.393 e. The molecule has 4 rings (SSSR count). The molecule has 8 atom stereocenters. The molecule has 0 unspecified atom stereocenters. The highest BCUT2D eigenvalue weighted by Gasteiger charge is 2.63. The summed E-state index contributed by atoms with van der Waals surface area (Å²) in [6, 6.07) is 0. The van der Waals surface area contributed by atoms with Crippen molar-refractivity contribution < 1.29 is 10.2 Å². The van der Waals surface area contributed by atoms with Gasteiger partial charge in [-0.25, -0.2) is 0 Å². The lowest BCUT2D eigenvalue weighted by Crippen LogP contribution is -2.56. The molecule has 0 radical (unpaired) electrons. The van der Waals surface area contributed by atoms with Crippen molar-refractivity contribution in [3.8, 4) is 0 Å². The molecule has 126 valence electrons. The van der Waals surface area contributed by atoms with Gasteiger partial charge in [0.05, 0.1) is 11.7 Å². The number of aliphatic hydroxyl groups is 2. The fourth-order valence-corrected chi connectivity index (χ4v) is 7.48. The third-order valence-electron chi connectivity index (χ3n) is 9.20. The molecule has 4 aliphatic rings. The maximum absolute atomic E-state index is 10.9. The van der Waals surface area contributed by atoms with Gasteiger partial charge in [0.2, 0.25) is 0 Å². The molecule has 0 aromatic carbocycles. The molecule has 0 amide bonds. The van der Waals surface area contributed by atoms with Crippen molar-refractivity contribution >= 4 is 0 Å². The van der Waals surface area contributed by atoms with Crippen molar-refractivity contribution in [1.82, 2.24) is 0 Å². The highest BCUT2D eigenvalue weighted by Crippen LogP contribution is 2.68. The molecule has 0 aromatic rings. The van der Waals surface area contributed by atoms with Crippen LogP contribution in [0.3, 0.4) is 0 Å². The second-order valence-electron chi connectivity index (χ2n) is 9.85. The Morgan fingerprint density at radius 3 is 2.32 bits per heavy atom. The van der Waals surface area contributed by atoms with Gasteiger partial charge in [0, 0.05) is 0 Å². The molecule has 2 N–H and O–H groups in total. The molecular weight excluding hydrogens is 272 g/mol. The number of hydrogen-bond acceptors (Lipinski definition) is 2. The van der Waals surface area contributed by atoms with E-state index in [1.54, 1.807) is 0 Å². The van der Waals surface area contributed by atoms with E-state index in [0.29, 0.717) is 5.41 Å². The molecule has 0 bridgehead atoms. The lowest BCUT2D eigenvalue weighted by molar-refractivity contribution is -0.153. The Bertz CT molecular complexity index is 459. The van der Waals surface area contributed by atoms with Crippen molar-refractivity contribution in [2.24, 2.45) is 34.5 Å². The van der Waals surface area contributed by atoms with Crippen LogP contribution in [-0.4, -0.2) is 21.9 Å². The fraction of sp³-hybridized carbons (Fsp3) is 1.00. The molecule has 4 fully saturated rings. The van der Waals surface area contributed by atoms with Gasteiger partial charge in [-0.05, 0) is 99.2 Å². The summed E-state index contributed by atoms with van der Waals surface area (Å²) in [4.78, 5) is 0. The van der Waals surface area contributed by atoms with Gasteiger partial charge >= 0.3 is 0 Å². The third-order valence-corrected chi connectivity index (χ3v) is 9.20. The van der Waals surface area contributed by atoms with Crippen LogP contribution in [0.2, 0.25) is 0 Å². The first kappa shape index (κ1) is 15.4. The predicted molar refractivity (Wildman–Crippen MR) is 88.4 cm³/mol. The molecule has 0 heterocycles. The zero-order valence-electron chi connectivity index (χ0n) is 14.6. The van der Waals surface area contributed by atoms with Gasteiger partial charge in [0.15, 0.2) is 0 Å². The van der Waals surface area contributed by atoms with Crippen LogP contribution in [0.25, 0.3) is 0 Å². The number of rotatable bonds is 0. The van der Waals surface area contributed by atoms with Crippen LogP contribution in [0.15, 0.2) is 0 Å².